The maximum absolute atomic E-state index is 12.5. The van der Waals surface area contributed by atoms with Crippen LogP contribution in [0.25, 0.3) is 0 Å². The monoisotopic (exact) mass is 359 g/mol. The third-order valence-corrected chi connectivity index (χ3v) is 5.21. The van der Waals surface area contributed by atoms with Gasteiger partial charge in [0.15, 0.2) is 6.61 Å². The predicted molar refractivity (Wildman–Crippen MR) is 96.0 cm³/mol. The van der Waals surface area contributed by atoms with Gasteiger partial charge >= 0.3 is 6.03 Å². The van der Waals surface area contributed by atoms with Crippen LogP contribution in [0.1, 0.15) is 43.7 Å². The number of carbonyl (C=O) groups is 3. The Morgan fingerprint density at radius 3 is 2.54 bits per heavy atom. The van der Waals surface area contributed by atoms with Gasteiger partial charge in [0.05, 0.1) is 0 Å². The topological polar surface area (TPSA) is 87.7 Å². The number of hydrogen-bond acceptors (Lipinski definition) is 4. The van der Waals surface area contributed by atoms with Crippen molar-refractivity contribution in [2.45, 2.75) is 45.1 Å². The molecule has 0 aliphatic carbocycles. The fraction of sp³-hybridized carbons (Fsp3) is 0.526. The zero-order valence-electron chi connectivity index (χ0n) is 15.4. The van der Waals surface area contributed by atoms with Crippen LogP contribution in [0.5, 0.6) is 5.75 Å². The molecule has 2 saturated heterocycles. The zero-order chi connectivity index (χ0) is 18.9. The molecule has 2 N–H and O–H groups in total. The number of aryl methyl sites for hydroxylation is 1. The molecule has 2 fully saturated rings. The third kappa shape index (κ3) is 3.52. The van der Waals surface area contributed by atoms with E-state index in [0.717, 1.165) is 11.3 Å². The number of likely N-dealkylation sites (tertiary alicyclic amines) is 1. The molecule has 1 aromatic rings. The molecule has 2 aliphatic heterocycles. The van der Waals surface area contributed by atoms with E-state index >= 15 is 0 Å². The smallest absolute Gasteiger partial charge is 0.322 e. The van der Waals surface area contributed by atoms with Crippen molar-refractivity contribution in [2.75, 3.05) is 19.7 Å². The van der Waals surface area contributed by atoms with E-state index in [9.17, 15) is 14.4 Å². The summed E-state index contributed by atoms with van der Waals surface area (Å²) in [4.78, 5) is 37.5. The molecule has 0 atom stereocenters. The lowest BCUT2D eigenvalue weighted by Crippen LogP contribution is -2.56. The summed E-state index contributed by atoms with van der Waals surface area (Å²) in [5, 5.41) is 4.96. The molecule has 26 heavy (non-hydrogen) atoms. The molecule has 0 aromatic heterocycles. The third-order valence-electron chi connectivity index (χ3n) is 5.21. The molecule has 1 spiro atoms. The number of rotatable bonds is 4. The highest BCUT2D eigenvalue weighted by molar-refractivity contribution is 6.07. The number of benzene rings is 1. The Hall–Kier alpha value is -2.57. The summed E-state index contributed by atoms with van der Waals surface area (Å²) in [5.74, 6) is 0.700. The molecular formula is C19H25N3O4. The van der Waals surface area contributed by atoms with Crippen molar-refractivity contribution in [3.63, 3.8) is 0 Å². The summed E-state index contributed by atoms with van der Waals surface area (Å²) in [6, 6.07) is 5.59. The molecule has 1 aromatic carbocycles. The summed E-state index contributed by atoms with van der Waals surface area (Å²) in [5.41, 5.74) is 1.29. The van der Waals surface area contributed by atoms with Crippen LogP contribution in [0.3, 0.4) is 0 Å². The minimum Gasteiger partial charge on any atom is -0.483 e. The van der Waals surface area contributed by atoms with Crippen molar-refractivity contribution < 1.29 is 19.1 Å². The molecule has 0 radical (unpaired) electrons. The lowest BCUT2D eigenvalue weighted by Gasteiger charge is -2.36. The molecule has 4 amide bonds. The maximum atomic E-state index is 12.5. The summed E-state index contributed by atoms with van der Waals surface area (Å²) >= 11 is 0. The van der Waals surface area contributed by atoms with Crippen LogP contribution in [0, 0.1) is 6.92 Å². The largest absolute Gasteiger partial charge is 0.483 e. The van der Waals surface area contributed by atoms with Crippen LogP contribution in [-0.2, 0) is 9.59 Å². The summed E-state index contributed by atoms with van der Waals surface area (Å²) in [6.45, 7) is 6.98. The van der Waals surface area contributed by atoms with Gasteiger partial charge in [-0.05, 0) is 42.9 Å². The van der Waals surface area contributed by atoms with Crippen molar-refractivity contribution in [3.05, 3.63) is 29.3 Å². The van der Waals surface area contributed by atoms with Gasteiger partial charge in [-0.2, -0.15) is 0 Å². The van der Waals surface area contributed by atoms with Crippen molar-refractivity contribution in [2.24, 2.45) is 0 Å². The zero-order valence-corrected chi connectivity index (χ0v) is 15.4. The Morgan fingerprint density at radius 1 is 1.27 bits per heavy atom. The predicted octanol–water partition coefficient (Wildman–Crippen LogP) is 1.70. The summed E-state index contributed by atoms with van der Waals surface area (Å²) in [6.07, 6.45) is 0.830. The number of nitrogens with one attached hydrogen (secondary N) is 2. The molecule has 0 unspecified atom stereocenters. The summed E-state index contributed by atoms with van der Waals surface area (Å²) < 4.78 is 5.76. The van der Waals surface area contributed by atoms with Gasteiger partial charge in [-0.15, -0.1) is 0 Å². The van der Waals surface area contributed by atoms with Crippen molar-refractivity contribution in [1.82, 2.24) is 15.5 Å². The lowest BCUT2D eigenvalue weighted by molar-refractivity contribution is -0.137. The SMILES string of the molecule is Cc1ccc(C(C)C)cc1OCC(=O)N1CCC2(CC1)NC(=O)NC2=O. The van der Waals surface area contributed by atoms with Crippen molar-refractivity contribution >= 4 is 17.8 Å². The normalized spacial score (nSPS) is 18.8. The van der Waals surface area contributed by atoms with E-state index in [-0.39, 0.29) is 18.4 Å². The van der Waals surface area contributed by atoms with Gasteiger partial charge in [-0.25, -0.2) is 4.79 Å². The second-order valence-electron chi connectivity index (χ2n) is 7.34. The van der Waals surface area contributed by atoms with E-state index in [0.29, 0.717) is 31.8 Å². The van der Waals surface area contributed by atoms with Crippen LogP contribution in [-0.4, -0.2) is 48.0 Å². The molecular weight excluding hydrogens is 334 g/mol. The van der Waals surface area contributed by atoms with Gasteiger partial charge in [-0.1, -0.05) is 26.0 Å². The van der Waals surface area contributed by atoms with Crippen LogP contribution in [0.4, 0.5) is 4.79 Å². The Labute approximate surface area is 153 Å². The number of imide groups is 1. The number of hydrogen-bond donors (Lipinski definition) is 2. The highest BCUT2D eigenvalue weighted by Crippen LogP contribution is 2.27. The first-order chi connectivity index (χ1) is 12.3. The lowest BCUT2D eigenvalue weighted by atomic mass is 9.88. The number of carbonyl (C=O) groups excluding carboxylic acids is 3. The minimum absolute atomic E-state index is 0.0338. The summed E-state index contributed by atoms with van der Waals surface area (Å²) in [7, 11) is 0. The molecule has 7 nitrogen and oxygen atoms in total. The fourth-order valence-electron chi connectivity index (χ4n) is 3.38. The van der Waals surface area contributed by atoms with E-state index in [1.165, 1.54) is 5.56 Å². The first-order valence-electron chi connectivity index (χ1n) is 8.95. The second kappa shape index (κ2) is 6.97. The Morgan fingerprint density at radius 2 is 1.96 bits per heavy atom. The quantitative estimate of drug-likeness (QED) is 0.801. The van der Waals surface area contributed by atoms with Gasteiger partial charge in [0.2, 0.25) is 0 Å². The van der Waals surface area contributed by atoms with Crippen molar-refractivity contribution in [1.29, 1.82) is 0 Å². The standard InChI is InChI=1S/C19H25N3O4/c1-12(2)14-5-4-13(3)15(10-14)26-11-16(23)22-8-6-19(7-9-22)17(24)20-18(25)21-19/h4-5,10,12H,6-9,11H2,1-3H3,(H2,20,21,24,25). The molecule has 140 valence electrons. The van der Waals surface area contributed by atoms with Crippen LogP contribution in [0.2, 0.25) is 0 Å². The molecule has 0 saturated carbocycles. The van der Waals surface area contributed by atoms with Crippen LogP contribution < -0.4 is 15.4 Å². The maximum Gasteiger partial charge on any atom is 0.322 e. The molecule has 7 heteroatoms. The number of amides is 4. The van der Waals surface area contributed by atoms with Crippen LogP contribution >= 0.6 is 0 Å². The average molecular weight is 359 g/mol. The van der Waals surface area contributed by atoms with Gasteiger partial charge in [0.1, 0.15) is 11.3 Å². The fourth-order valence-corrected chi connectivity index (χ4v) is 3.38. The van der Waals surface area contributed by atoms with Gasteiger partial charge in [0, 0.05) is 13.1 Å². The van der Waals surface area contributed by atoms with E-state index < -0.39 is 11.6 Å². The number of nitrogens with zero attached hydrogens (tertiary/aromatic N) is 1. The first kappa shape index (κ1) is 18.2. The average Bonchev–Trinajstić information content (AvgIpc) is 2.87. The number of urea groups is 1. The van der Waals surface area contributed by atoms with E-state index in [1.807, 2.05) is 19.1 Å². The molecule has 3 rings (SSSR count). The Balaban J connectivity index is 1.56. The van der Waals surface area contributed by atoms with E-state index in [4.69, 9.17) is 4.74 Å². The first-order valence-corrected chi connectivity index (χ1v) is 8.95. The van der Waals surface area contributed by atoms with Crippen molar-refractivity contribution in [3.8, 4) is 5.75 Å². The highest BCUT2D eigenvalue weighted by Gasteiger charge is 2.48. The molecule has 2 heterocycles. The number of piperidine rings is 1. The van der Waals surface area contributed by atoms with Gasteiger partial charge in [0.25, 0.3) is 11.8 Å². The molecule has 2 aliphatic rings. The Kier molecular flexibility index (Phi) is 4.89. The molecule has 0 bridgehead atoms. The Bertz CT molecular complexity index is 736. The highest BCUT2D eigenvalue weighted by atomic mass is 16.5. The number of ether oxygens (including phenoxy) is 1. The minimum atomic E-state index is -0.864. The van der Waals surface area contributed by atoms with Crippen LogP contribution in [0.15, 0.2) is 18.2 Å². The van der Waals surface area contributed by atoms with Gasteiger partial charge < -0.3 is 15.0 Å². The van der Waals surface area contributed by atoms with Gasteiger partial charge in [-0.3, -0.25) is 14.9 Å². The second-order valence-corrected chi connectivity index (χ2v) is 7.34. The van der Waals surface area contributed by atoms with E-state index in [1.54, 1.807) is 4.90 Å². The van der Waals surface area contributed by atoms with E-state index in [2.05, 4.69) is 30.5 Å².